The summed E-state index contributed by atoms with van der Waals surface area (Å²) in [6, 6.07) is 0.670. The van der Waals surface area contributed by atoms with Crippen LogP contribution >= 0.6 is 23.1 Å². The van der Waals surface area contributed by atoms with Crippen molar-refractivity contribution < 1.29 is 4.74 Å². The molecule has 1 saturated carbocycles. The third-order valence-corrected chi connectivity index (χ3v) is 4.62. The van der Waals surface area contributed by atoms with E-state index in [4.69, 9.17) is 4.74 Å². The third-order valence-electron chi connectivity index (χ3n) is 2.61. The molecular formula is C11H14N4OS2. The minimum Gasteiger partial charge on any atom is -0.469 e. The molecule has 2 aromatic heterocycles. The number of thioether (sulfide) groups is 1. The van der Waals surface area contributed by atoms with E-state index in [0.717, 1.165) is 15.9 Å². The van der Waals surface area contributed by atoms with Gasteiger partial charge < -0.3 is 9.30 Å². The van der Waals surface area contributed by atoms with Gasteiger partial charge in [-0.3, -0.25) is 0 Å². The van der Waals surface area contributed by atoms with Crippen LogP contribution in [0, 0.1) is 0 Å². The molecule has 2 aromatic rings. The van der Waals surface area contributed by atoms with E-state index in [-0.39, 0.29) is 0 Å². The lowest BCUT2D eigenvalue weighted by molar-refractivity contribution is 0.335. The van der Waals surface area contributed by atoms with Gasteiger partial charge in [0.25, 0.3) is 5.19 Å². The molecule has 0 aliphatic heterocycles. The summed E-state index contributed by atoms with van der Waals surface area (Å²) in [6.45, 7) is 2.58. The van der Waals surface area contributed by atoms with E-state index in [1.807, 2.05) is 13.1 Å². The molecule has 0 saturated heterocycles. The highest BCUT2D eigenvalue weighted by Gasteiger charge is 2.25. The number of nitrogens with zero attached hydrogens (tertiary/aromatic N) is 4. The first-order valence-electron chi connectivity index (χ1n) is 5.97. The van der Waals surface area contributed by atoms with Gasteiger partial charge in [0, 0.05) is 18.4 Å². The van der Waals surface area contributed by atoms with Crippen molar-refractivity contribution in [3.63, 3.8) is 0 Å². The van der Waals surface area contributed by atoms with Crippen molar-refractivity contribution in [2.24, 2.45) is 0 Å². The fourth-order valence-corrected chi connectivity index (χ4v) is 3.41. The molecule has 7 heteroatoms. The van der Waals surface area contributed by atoms with Gasteiger partial charge in [0.1, 0.15) is 5.01 Å². The first-order chi connectivity index (χ1) is 8.86. The summed E-state index contributed by atoms with van der Waals surface area (Å²) in [5.41, 5.74) is 0. The van der Waals surface area contributed by atoms with Crippen molar-refractivity contribution in [1.82, 2.24) is 19.7 Å². The van der Waals surface area contributed by atoms with E-state index < -0.39 is 0 Å². The molecule has 5 nitrogen and oxygen atoms in total. The van der Waals surface area contributed by atoms with Crippen molar-refractivity contribution >= 4 is 23.1 Å². The highest BCUT2D eigenvalue weighted by molar-refractivity contribution is 7.98. The number of rotatable bonds is 6. The van der Waals surface area contributed by atoms with Gasteiger partial charge >= 0.3 is 0 Å². The predicted octanol–water partition coefficient (Wildman–Crippen LogP) is 2.76. The average Bonchev–Trinajstić information content (AvgIpc) is 2.94. The molecule has 3 rings (SSSR count). The van der Waals surface area contributed by atoms with Crippen molar-refractivity contribution in [3.05, 3.63) is 17.4 Å². The van der Waals surface area contributed by atoms with E-state index in [1.54, 1.807) is 11.8 Å². The standard InChI is InChI=1S/C11H14N4OS2/c1-2-16-11-14-13-9(18-11)7-17-10-12-5-6-15(10)8-3-4-8/h5-6,8H,2-4,7H2,1H3. The van der Waals surface area contributed by atoms with Crippen molar-refractivity contribution in [2.45, 2.75) is 36.7 Å². The lowest BCUT2D eigenvalue weighted by Gasteiger charge is -2.03. The van der Waals surface area contributed by atoms with Crippen LogP contribution in [0.5, 0.6) is 5.19 Å². The largest absolute Gasteiger partial charge is 0.469 e. The Kier molecular flexibility index (Phi) is 3.51. The lowest BCUT2D eigenvalue weighted by atomic mass is 10.7. The second-order valence-corrected chi connectivity index (χ2v) is 6.00. The van der Waals surface area contributed by atoms with Crippen molar-refractivity contribution in [3.8, 4) is 5.19 Å². The Balaban J connectivity index is 1.60. The molecule has 0 spiro atoms. The molecule has 1 aliphatic rings. The van der Waals surface area contributed by atoms with Crippen LogP contribution in [0.3, 0.4) is 0 Å². The Morgan fingerprint density at radius 2 is 2.39 bits per heavy atom. The highest BCUT2D eigenvalue weighted by atomic mass is 32.2. The molecule has 0 N–H and O–H groups in total. The van der Waals surface area contributed by atoms with Gasteiger partial charge in [0.2, 0.25) is 0 Å². The number of aromatic nitrogens is 4. The molecule has 0 bridgehead atoms. The average molecular weight is 282 g/mol. The minimum absolute atomic E-state index is 0.633. The Morgan fingerprint density at radius 3 is 3.17 bits per heavy atom. The second-order valence-electron chi connectivity index (χ2n) is 4.03. The van der Waals surface area contributed by atoms with Crippen LogP contribution in [0.15, 0.2) is 17.6 Å². The second kappa shape index (κ2) is 5.27. The highest BCUT2D eigenvalue weighted by Crippen LogP contribution is 2.38. The van der Waals surface area contributed by atoms with Crippen LogP contribution < -0.4 is 4.74 Å². The van der Waals surface area contributed by atoms with Crippen molar-refractivity contribution in [1.29, 1.82) is 0 Å². The zero-order valence-electron chi connectivity index (χ0n) is 10.1. The Bertz CT molecular complexity index is 521. The topological polar surface area (TPSA) is 52.8 Å². The molecule has 0 unspecified atom stereocenters. The van der Waals surface area contributed by atoms with Crippen LogP contribution in [0.4, 0.5) is 0 Å². The number of hydrogen-bond acceptors (Lipinski definition) is 6. The van der Waals surface area contributed by atoms with E-state index in [2.05, 4.69) is 25.9 Å². The van der Waals surface area contributed by atoms with E-state index in [1.165, 1.54) is 24.2 Å². The zero-order chi connectivity index (χ0) is 12.4. The summed E-state index contributed by atoms with van der Waals surface area (Å²) >= 11 is 3.22. The minimum atomic E-state index is 0.633. The summed E-state index contributed by atoms with van der Waals surface area (Å²) in [5.74, 6) is 0.800. The number of ether oxygens (including phenoxy) is 1. The molecule has 0 radical (unpaired) electrons. The summed E-state index contributed by atoms with van der Waals surface area (Å²) in [5, 5.41) is 10.8. The summed E-state index contributed by atoms with van der Waals surface area (Å²) < 4.78 is 7.57. The van der Waals surface area contributed by atoms with Gasteiger partial charge in [0.15, 0.2) is 5.16 Å². The summed E-state index contributed by atoms with van der Waals surface area (Å²) in [4.78, 5) is 4.39. The molecule has 18 heavy (non-hydrogen) atoms. The lowest BCUT2D eigenvalue weighted by Crippen LogP contribution is -1.94. The molecule has 0 aromatic carbocycles. The van der Waals surface area contributed by atoms with Crippen LogP contribution in [0.2, 0.25) is 0 Å². The SMILES string of the molecule is CCOc1nnc(CSc2nccn2C2CC2)s1. The molecule has 1 fully saturated rings. The van der Waals surface area contributed by atoms with E-state index in [9.17, 15) is 0 Å². The van der Waals surface area contributed by atoms with Gasteiger partial charge in [-0.1, -0.05) is 23.1 Å². The summed E-state index contributed by atoms with van der Waals surface area (Å²) in [6.07, 6.45) is 6.48. The van der Waals surface area contributed by atoms with E-state index in [0.29, 0.717) is 17.8 Å². The maximum Gasteiger partial charge on any atom is 0.294 e. The predicted molar refractivity (Wildman–Crippen MR) is 71.1 cm³/mol. The first kappa shape index (κ1) is 12.0. The van der Waals surface area contributed by atoms with Gasteiger partial charge in [-0.05, 0) is 19.8 Å². The van der Waals surface area contributed by atoms with Gasteiger partial charge in [-0.25, -0.2) is 4.98 Å². The quantitative estimate of drug-likeness (QED) is 0.763. The first-order valence-corrected chi connectivity index (χ1v) is 7.78. The molecule has 0 atom stereocenters. The maximum atomic E-state index is 5.31. The van der Waals surface area contributed by atoms with Gasteiger partial charge in [-0.15, -0.1) is 10.2 Å². The molecule has 0 amide bonds. The zero-order valence-corrected chi connectivity index (χ0v) is 11.7. The Labute approximate surface area is 114 Å². The van der Waals surface area contributed by atoms with Crippen molar-refractivity contribution in [2.75, 3.05) is 6.61 Å². The normalized spacial score (nSPS) is 14.9. The van der Waals surface area contributed by atoms with Crippen LogP contribution in [0.1, 0.15) is 30.8 Å². The van der Waals surface area contributed by atoms with Crippen LogP contribution in [0.25, 0.3) is 0 Å². The summed E-state index contributed by atoms with van der Waals surface area (Å²) in [7, 11) is 0. The Morgan fingerprint density at radius 1 is 1.50 bits per heavy atom. The number of imidazole rings is 1. The monoisotopic (exact) mass is 282 g/mol. The van der Waals surface area contributed by atoms with E-state index >= 15 is 0 Å². The van der Waals surface area contributed by atoms with Crippen LogP contribution in [-0.2, 0) is 5.75 Å². The third kappa shape index (κ3) is 2.67. The molecule has 96 valence electrons. The van der Waals surface area contributed by atoms with Crippen LogP contribution in [-0.4, -0.2) is 26.4 Å². The number of hydrogen-bond donors (Lipinski definition) is 0. The fourth-order valence-electron chi connectivity index (χ4n) is 1.65. The smallest absolute Gasteiger partial charge is 0.294 e. The molecule has 1 aliphatic carbocycles. The fraction of sp³-hybridized carbons (Fsp3) is 0.545. The Hall–Kier alpha value is -1.08. The van der Waals surface area contributed by atoms with Gasteiger partial charge in [0.05, 0.1) is 12.4 Å². The molecular weight excluding hydrogens is 268 g/mol. The molecule has 2 heterocycles. The maximum absolute atomic E-state index is 5.31. The van der Waals surface area contributed by atoms with Gasteiger partial charge in [-0.2, -0.15) is 0 Å².